The van der Waals surface area contributed by atoms with Gasteiger partial charge in [-0.1, -0.05) is 59.9 Å². The number of H-pyrrole nitrogens is 2. The molecule has 2 aromatic rings. The smallest absolute Gasteiger partial charge is 0.304 e. The SMILES string of the molecule is O=c1[nH]c([C@H](Br)[C@H](Br)c2ccc(Br)cc2)c([N+](=O)[O-])c(=O)[nH]1. The van der Waals surface area contributed by atoms with E-state index in [2.05, 4.69) is 52.8 Å². The summed E-state index contributed by atoms with van der Waals surface area (Å²) in [7, 11) is 0. The van der Waals surface area contributed by atoms with E-state index in [0.29, 0.717) is 0 Å². The Kier molecular flexibility index (Phi) is 5.35. The van der Waals surface area contributed by atoms with Crippen molar-refractivity contribution in [3.63, 3.8) is 0 Å². The molecule has 0 fully saturated rings. The quantitative estimate of drug-likeness (QED) is 0.383. The molecule has 22 heavy (non-hydrogen) atoms. The Labute approximate surface area is 148 Å². The summed E-state index contributed by atoms with van der Waals surface area (Å²) < 4.78 is 0.887. The van der Waals surface area contributed by atoms with Crippen LogP contribution < -0.4 is 11.2 Å². The Morgan fingerprint density at radius 3 is 2.18 bits per heavy atom. The summed E-state index contributed by atoms with van der Waals surface area (Å²) in [6.45, 7) is 0. The minimum absolute atomic E-state index is 0.0939. The highest BCUT2D eigenvalue weighted by Crippen LogP contribution is 2.43. The first kappa shape index (κ1) is 17.1. The van der Waals surface area contributed by atoms with Crippen LogP contribution in [0.25, 0.3) is 0 Å². The predicted octanol–water partition coefficient (Wildman–Crippen LogP) is 3.31. The third kappa shape index (κ3) is 3.55. The van der Waals surface area contributed by atoms with Gasteiger partial charge in [0.1, 0.15) is 5.69 Å². The maximum atomic E-state index is 11.7. The zero-order valence-electron chi connectivity index (χ0n) is 10.7. The third-order valence-electron chi connectivity index (χ3n) is 2.85. The van der Waals surface area contributed by atoms with Gasteiger partial charge in [-0.15, -0.1) is 0 Å². The topological polar surface area (TPSA) is 109 Å². The molecule has 7 nitrogen and oxygen atoms in total. The van der Waals surface area contributed by atoms with Crippen molar-refractivity contribution in [1.29, 1.82) is 0 Å². The third-order valence-corrected chi connectivity index (χ3v) is 6.13. The van der Waals surface area contributed by atoms with Crippen LogP contribution in [-0.4, -0.2) is 14.9 Å². The number of nitrogens with zero attached hydrogens (tertiary/aromatic N) is 1. The average Bonchev–Trinajstić information content (AvgIpc) is 2.45. The van der Waals surface area contributed by atoms with Crippen molar-refractivity contribution >= 4 is 53.5 Å². The van der Waals surface area contributed by atoms with Crippen LogP contribution >= 0.6 is 47.8 Å². The monoisotopic (exact) mass is 495 g/mol. The lowest BCUT2D eigenvalue weighted by atomic mass is 10.1. The van der Waals surface area contributed by atoms with Crippen LogP contribution in [0.15, 0.2) is 38.3 Å². The molecular formula is C12H8Br3N3O4. The molecule has 0 aliphatic heterocycles. The van der Waals surface area contributed by atoms with Crippen molar-refractivity contribution in [3.05, 3.63) is 70.9 Å². The van der Waals surface area contributed by atoms with E-state index in [4.69, 9.17) is 0 Å². The number of nitrogens with one attached hydrogen (secondary N) is 2. The number of halogens is 3. The highest BCUT2D eigenvalue weighted by atomic mass is 79.9. The average molecular weight is 498 g/mol. The van der Waals surface area contributed by atoms with Crippen LogP contribution in [0.3, 0.4) is 0 Å². The summed E-state index contributed by atoms with van der Waals surface area (Å²) in [6.07, 6.45) is 0. The zero-order valence-corrected chi connectivity index (χ0v) is 15.4. The first-order valence-electron chi connectivity index (χ1n) is 5.85. The van der Waals surface area contributed by atoms with Crippen molar-refractivity contribution < 1.29 is 4.92 Å². The van der Waals surface area contributed by atoms with E-state index in [1.54, 1.807) is 0 Å². The van der Waals surface area contributed by atoms with E-state index in [1.807, 2.05) is 29.2 Å². The first-order valence-corrected chi connectivity index (χ1v) is 8.48. The number of rotatable bonds is 4. The first-order chi connectivity index (χ1) is 10.3. The highest BCUT2D eigenvalue weighted by molar-refractivity contribution is 9.12. The number of aromatic nitrogens is 2. The van der Waals surface area contributed by atoms with Crippen molar-refractivity contribution in [3.8, 4) is 0 Å². The van der Waals surface area contributed by atoms with Gasteiger partial charge in [0, 0.05) is 4.47 Å². The molecule has 0 saturated heterocycles. The van der Waals surface area contributed by atoms with Crippen LogP contribution in [0, 0.1) is 10.1 Å². The Morgan fingerprint density at radius 2 is 1.64 bits per heavy atom. The Balaban J connectivity index is 2.51. The minimum Gasteiger partial charge on any atom is -0.304 e. The number of alkyl halides is 2. The summed E-state index contributed by atoms with van der Waals surface area (Å²) >= 11 is 10.1. The van der Waals surface area contributed by atoms with Gasteiger partial charge in [-0.25, -0.2) is 4.79 Å². The maximum Gasteiger partial charge on any atom is 0.354 e. The normalized spacial score (nSPS) is 13.6. The molecule has 1 aromatic carbocycles. The highest BCUT2D eigenvalue weighted by Gasteiger charge is 2.30. The lowest BCUT2D eigenvalue weighted by Crippen LogP contribution is -2.27. The predicted molar refractivity (Wildman–Crippen MR) is 91.8 cm³/mol. The summed E-state index contributed by atoms with van der Waals surface area (Å²) in [6, 6.07) is 7.26. The second-order valence-electron chi connectivity index (χ2n) is 4.28. The molecule has 0 amide bonds. The van der Waals surface area contributed by atoms with E-state index in [0.717, 1.165) is 10.0 Å². The molecule has 2 N–H and O–H groups in total. The van der Waals surface area contributed by atoms with Crippen LogP contribution in [0.2, 0.25) is 0 Å². The summed E-state index contributed by atoms with van der Waals surface area (Å²) in [5, 5.41) is 11.1. The fourth-order valence-corrected chi connectivity index (χ4v) is 3.31. The molecule has 116 valence electrons. The van der Waals surface area contributed by atoms with Crippen LogP contribution in [-0.2, 0) is 0 Å². The molecule has 0 spiro atoms. The van der Waals surface area contributed by atoms with E-state index < -0.39 is 31.5 Å². The number of nitro groups is 1. The molecule has 0 radical (unpaired) electrons. The van der Waals surface area contributed by atoms with Crippen LogP contribution in [0.5, 0.6) is 0 Å². The Bertz CT molecular complexity index is 816. The van der Waals surface area contributed by atoms with Gasteiger partial charge >= 0.3 is 16.9 Å². The molecule has 2 rings (SSSR count). The molecule has 10 heteroatoms. The minimum atomic E-state index is -1.04. The molecule has 0 bridgehead atoms. The van der Waals surface area contributed by atoms with E-state index in [9.17, 15) is 19.7 Å². The Hall–Kier alpha value is -1.26. The number of aromatic amines is 2. The van der Waals surface area contributed by atoms with Gasteiger partial charge in [-0.05, 0) is 17.7 Å². The van der Waals surface area contributed by atoms with Gasteiger partial charge in [0.05, 0.1) is 14.6 Å². The van der Waals surface area contributed by atoms with E-state index >= 15 is 0 Å². The van der Waals surface area contributed by atoms with Gasteiger partial charge in [0.25, 0.3) is 0 Å². The van der Waals surface area contributed by atoms with Gasteiger partial charge in [0.2, 0.25) is 0 Å². The number of hydrogen-bond donors (Lipinski definition) is 2. The zero-order chi connectivity index (χ0) is 16.4. The van der Waals surface area contributed by atoms with Crippen LogP contribution in [0.1, 0.15) is 20.9 Å². The standard InChI is InChI=1S/C12H8Br3N3O4/c13-6-3-1-5(2-4-6)7(14)8(15)9-10(18(21)22)11(19)17-12(20)16-9/h1-4,7-8H,(H2,16,17,19,20)/t7-,8-/m1/s1. The molecule has 0 saturated carbocycles. The maximum absolute atomic E-state index is 11.7. The number of hydrogen-bond acceptors (Lipinski definition) is 4. The van der Waals surface area contributed by atoms with Crippen molar-refractivity contribution in [2.24, 2.45) is 0 Å². The summed E-state index contributed by atoms with van der Waals surface area (Å²) in [5.41, 5.74) is -1.80. The molecule has 0 aliphatic carbocycles. The molecule has 1 heterocycles. The Morgan fingerprint density at radius 1 is 1.05 bits per heavy atom. The van der Waals surface area contributed by atoms with Crippen molar-refractivity contribution in [2.45, 2.75) is 9.65 Å². The fraction of sp³-hybridized carbons (Fsp3) is 0.167. The van der Waals surface area contributed by atoms with Crippen molar-refractivity contribution in [2.75, 3.05) is 0 Å². The van der Waals surface area contributed by atoms with Gasteiger partial charge in [-0.3, -0.25) is 19.9 Å². The molecule has 1 aromatic heterocycles. The van der Waals surface area contributed by atoms with Crippen LogP contribution in [0.4, 0.5) is 5.69 Å². The van der Waals surface area contributed by atoms with Gasteiger partial charge in [-0.2, -0.15) is 0 Å². The lowest BCUT2D eigenvalue weighted by molar-refractivity contribution is -0.387. The molecule has 0 unspecified atom stereocenters. The van der Waals surface area contributed by atoms with E-state index in [1.165, 1.54) is 0 Å². The van der Waals surface area contributed by atoms with Crippen molar-refractivity contribution in [1.82, 2.24) is 9.97 Å². The molecular weight excluding hydrogens is 490 g/mol. The molecule has 0 aliphatic rings. The van der Waals surface area contributed by atoms with Gasteiger partial charge in [0.15, 0.2) is 0 Å². The molecule has 2 atom stereocenters. The number of benzene rings is 1. The summed E-state index contributed by atoms with van der Waals surface area (Å²) in [5.74, 6) is 0. The summed E-state index contributed by atoms with van der Waals surface area (Å²) in [4.78, 5) is 36.4. The largest absolute Gasteiger partial charge is 0.354 e. The van der Waals surface area contributed by atoms with Gasteiger partial charge < -0.3 is 4.98 Å². The van der Waals surface area contributed by atoms with E-state index in [-0.39, 0.29) is 5.69 Å². The fourth-order valence-electron chi connectivity index (χ4n) is 1.84. The second kappa shape index (κ2) is 6.88. The lowest BCUT2D eigenvalue weighted by Gasteiger charge is -2.17. The second-order valence-corrected chi connectivity index (χ2v) is 7.17.